The average Bonchev–Trinajstić information content (AvgIpc) is 3.35. The van der Waals surface area contributed by atoms with E-state index in [-0.39, 0.29) is 14.7 Å². The van der Waals surface area contributed by atoms with Gasteiger partial charge in [0.1, 0.15) is 17.2 Å². The maximum Gasteiger partial charge on any atom is 0.480 e. The first-order valence-corrected chi connectivity index (χ1v) is 33.5. The molecule has 434 valence electrons. The molecule has 0 unspecified atom stereocenters. The fraction of sp³-hybridized carbons (Fsp3) is 0.400. The number of aryl methyl sites for hydroxylation is 3. The summed E-state index contributed by atoms with van der Waals surface area (Å²) >= 11 is 18.9. The van der Waals surface area contributed by atoms with E-state index in [0.717, 1.165) is 16.7 Å². The van der Waals surface area contributed by atoms with Crippen molar-refractivity contribution in [3.8, 4) is 33.4 Å². The molecule has 80 heavy (non-hydrogen) atoms. The molecule has 0 spiro atoms. The fourth-order valence-corrected chi connectivity index (χ4v) is 18.5. The van der Waals surface area contributed by atoms with Crippen molar-refractivity contribution in [1.82, 2.24) is 14.2 Å². The van der Waals surface area contributed by atoms with Crippen molar-refractivity contribution in [2.24, 2.45) is 35.5 Å². The number of benzene rings is 6. The Bertz CT molecular complexity index is 3180. The third-order valence-corrected chi connectivity index (χ3v) is 21.5. The maximum atomic E-state index is 17.2. The maximum absolute atomic E-state index is 17.2. The van der Waals surface area contributed by atoms with Crippen LogP contribution in [0.2, 0.25) is 15.1 Å². The standard InChI is InChI=1S/C60H75Cl3N3O10PS3/c1-37(2)58(38(3)4,64-78(68,69)55-31-16-43(13)34-52(55)46-19-25-49(61)26-20-46)74-77(67,75-59(39(5)6,40(7)8)65-79(70,71)56-32-17-44(14)35-53(56)47-21-27-50(62)28-22-47)76-60(41(9)10,42(11)12)66-80(72,73)57-33-18-45(15)36-54(57)48-23-29-51(63)30-24-48/h16-42,64-66H,1-15H3. The summed E-state index contributed by atoms with van der Waals surface area (Å²) in [5, 5.41) is 1.32. The molecule has 6 aromatic rings. The third-order valence-electron chi connectivity index (χ3n) is 14.6. The molecule has 0 bridgehead atoms. The van der Waals surface area contributed by atoms with Crippen LogP contribution in [0.15, 0.2) is 142 Å². The number of sulfonamides is 3. The SMILES string of the molecule is Cc1ccc(S(=O)(=O)NC(OP(=O)(OC(NS(=O)(=O)c2ccc(C)cc2-c2ccc(Cl)cc2)(C(C)C)C(C)C)OC(NS(=O)(=O)c2ccc(C)cc2-c2ccc(Cl)cc2)(C(C)C)C(C)C)(C(C)C)C(C)C)c(-c2ccc(Cl)cc2)c1. The van der Waals surface area contributed by atoms with Gasteiger partial charge in [0, 0.05) is 31.8 Å². The largest absolute Gasteiger partial charge is 0.480 e. The number of halogens is 3. The van der Waals surface area contributed by atoms with Gasteiger partial charge in [-0.15, -0.1) is 0 Å². The van der Waals surface area contributed by atoms with Crippen LogP contribution in [-0.4, -0.2) is 42.4 Å². The average molecular weight is 1230 g/mol. The predicted molar refractivity (Wildman–Crippen MR) is 324 cm³/mol. The summed E-state index contributed by atoms with van der Waals surface area (Å²) < 4.78 is 139. The molecule has 6 rings (SSSR count). The molecule has 3 N–H and O–H groups in total. The van der Waals surface area contributed by atoms with E-state index < -0.39 is 90.6 Å². The number of phosphoric ester groups is 1. The van der Waals surface area contributed by atoms with Gasteiger partial charge in [-0.25, -0.2) is 29.8 Å². The van der Waals surface area contributed by atoms with E-state index in [4.69, 9.17) is 48.4 Å². The van der Waals surface area contributed by atoms with Crippen LogP contribution >= 0.6 is 42.6 Å². The Balaban J connectivity index is 1.63. The summed E-state index contributed by atoms with van der Waals surface area (Å²) in [6, 6.07) is 34.5. The summed E-state index contributed by atoms with van der Waals surface area (Å²) in [7, 11) is -19.9. The topological polar surface area (TPSA) is 183 Å². The van der Waals surface area contributed by atoms with Crippen LogP contribution in [0.5, 0.6) is 0 Å². The molecule has 20 heteroatoms. The highest BCUT2D eigenvalue weighted by Crippen LogP contribution is 2.63. The molecular formula is C60H75Cl3N3O10PS3. The lowest BCUT2D eigenvalue weighted by Crippen LogP contribution is -2.62. The number of hydrogen-bond acceptors (Lipinski definition) is 10. The van der Waals surface area contributed by atoms with E-state index >= 15 is 29.8 Å². The van der Waals surface area contributed by atoms with Crippen LogP contribution in [0.1, 0.15) is 99.8 Å². The Morgan fingerprint density at radius 2 is 0.562 bits per heavy atom. The zero-order valence-electron chi connectivity index (χ0n) is 48.0. The smallest absolute Gasteiger partial charge is 0.263 e. The van der Waals surface area contributed by atoms with Crippen molar-refractivity contribution in [3.05, 3.63) is 159 Å². The number of nitrogens with one attached hydrogen (secondary N) is 3. The highest BCUT2D eigenvalue weighted by atomic mass is 35.5. The summed E-state index contributed by atoms with van der Waals surface area (Å²) in [5.41, 5.74) is -1.82. The van der Waals surface area contributed by atoms with Gasteiger partial charge in [-0.05, 0) is 128 Å². The molecular weight excluding hydrogens is 1160 g/mol. The minimum Gasteiger partial charge on any atom is -0.263 e. The lowest BCUT2D eigenvalue weighted by Gasteiger charge is -2.49. The Labute approximate surface area is 490 Å². The highest BCUT2D eigenvalue weighted by molar-refractivity contribution is 7.90. The van der Waals surface area contributed by atoms with Crippen LogP contribution in [0.3, 0.4) is 0 Å². The van der Waals surface area contributed by atoms with Gasteiger partial charge in [0.2, 0.25) is 30.1 Å². The summed E-state index contributed by atoms with van der Waals surface area (Å²) in [6.45, 7) is 25.4. The van der Waals surface area contributed by atoms with Crippen LogP contribution in [-0.2, 0) is 48.2 Å². The number of hydrogen-bond donors (Lipinski definition) is 3. The third kappa shape index (κ3) is 14.2. The lowest BCUT2D eigenvalue weighted by molar-refractivity contribution is -0.141. The molecule has 0 heterocycles. The first-order chi connectivity index (χ1) is 37.0. The monoisotopic (exact) mass is 1230 g/mol. The highest BCUT2D eigenvalue weighted by Gasteiger charge is 2.59. The Hall–Kier alpha value is -3.97. The Morgan fingerprint density at radius 3 is 0.750 bits per heavy atom. The number of rotatable bonds is 24. The quantitative estimate of drug-likeness (QED) is 0.0389. The van der Waals surface area contributed by atoms with Crippen molar-refractivity contribution in [3.63, 3.8) is 0 Å². The van der Waals surface area contributed by atoms with Crippen molar-refractivity contribution in [1.29, 1.82) is 0 Å². The van der Waals surface area contributed by atoms with Crippen LogP contribution in [0, 0.1) is 56.3 Å². The van der Waals surface area contributed by atoms with Crippen molar-refractivity contribution < 1.29 is 43.4 Å². The van der Waals surface area contributed by atoms with E-state index in [1.165, 1.54) is 18.2 Å². The molecule has 0 aliphatic rings. The lowest BCUT2D eigenvalue weighted by atomic mass is 9.89. The minimum atomic E-state index is -5.71. The van der Waals surface area contributed by atoms with Gasteiger partial charge >= 0.3 is 7.82 Å². The van der Waals surface area contributed by atoms with Crippen molar-refractivity contribution in [2.75, 3.05) is 0 Å². The van der Waals surface area contributed by atoms with Gasteiger partial charge in [-0.2, -0.15) is 14.2 Å². The molecule has 0 fully saturated rings. The Morgan fingerprint density at radius 1 is 0.362 bits per heavy atom. The molecule has 0 amide bonds. The number of phosphoric acid groups is 1. The van der Waals surface area contributed by atoms with E-state index in [1.807, 2.05) is 20.8 Å². The predicted octanol–water partition coefficient (Wildman–Crippen LogP) is 16.0. The van der Waals surface area contributed by atoms with Gasteiger partial charge in [-0.3, -0.25) is 13.6 Å². The first kappa shape index (κ1) is 65.2. The zero-order chi connectivity index (χ0) is 59.7. The zero-order valence-corrected chi connectivity index (χ0v) is 53.6. The van der Waals surface area contributed by atoms with Gasteiger partial charge < -0.3 is 0 Å². The van der Waals surface area contributed by atoms with Crippen molar-refractivity contribution >= 4 is 72.7 Å². The normalized spacial score (nSPS) is 13.4. The Kier molecular flexibility index (Phi) is 20.4. The summed E-state index contributed by atoms with van der Waals surface area (Å²) in [6.07, 6.45) is 0. The van der Waals surface area contributed by atoms with E-state index in [1.54, 1.807) is 192 Å². The first-order valence-electron chi connectivity index (χ1n) is 26.5. The molecule has 0 radical (unpaired) electrons. The molecule has 0 aliphatic heterocycles. The summed E-state index contributed by atoms with van der Waals surface area (Å²) in [4.78, 5) is -0.463. The second-order valence-electron chi connectivity index (χ2n) is 22.4. The van der Waals surface area contributed by atoms with Crippen LogP contribution in [0.4, 0.5) is 0 Å². The molecule has 0 saturated carbocycles. The van der Waals surface area contributed by atoms with Gasteiger partial charge in [-0.1, -0.05) is 207 Å². The minimum absolute atomic E-state index is 0.154. The van der Waals surface area contributed by atoms with Crippen LogP contribution < -0.4 is 14.2 Å². The summed E-state index contributed by atoms with van der Waals surface area (Å²) in [5.74, 6) is -5.42. The van der Waals surface area contributed by atoms with E-state index in [0.29, 0.717) is 48.4 Å². The molecule has 6 aromatic carbocycles. The van der Waals surface area contributed by atoms with E-state index in [2.05, 4.69) is 14.2 Å². The van der Waals surface area contributed by atoms with Gasteiger partial charge in [0.25, 0.3) is 0 Å². The van der Waals surface area contributed by atoms with E-state index in [9.17, 15) is 0 Å². The van der Waals surface area contributed by atoms with Crippen molar-refractivity contribution in [2.45, 2.75) is 136 Å². The van der Waals surface area contributed by atoms with Gasteiger partial charge in [0.15, 0.2) is 0 Å². The molecule has 0 aromatic heterocycles. The van der Waals surface area contributed by atoms with Gasteiger partial charge in [0.05, 0.1) is 14.7 Å². The fourth-order valence-electron chi connectivity index (χ4n) is 10.0. The van der Waals surface area contributed by atoms with Crippen LogP contribution in [0.25, 0.3) is 33.4 Å². The molecule has 0 saturated heterocycles. The molecule has 0 aliphatic carbocycles. The molecule has 13 nitrogen and oxygen atoms in total. The second-order valence-corrected chi connectivity index (χ2v) is 30.1. The molecule has 0 atom stereocenters. The second kappa shape index (κ2) is 25.1.